The average molecular weight is 630 g/mol. The minimum absolute atomic E-state index is 0. The van der Waals surface area contributed by atoms with Crippen LogP contribution in [0.5, 0.6) is 0 Å². The van der Waals surface area contributed by atoms with Gasteiger partial charge in [-0.05, 0) is 0 Å². The summed E-state index contributed by atoms with van der Waals surface area (Å²) < 4.78 is 67.9. The second kappa shape index (κ2) is 34.1. The van der Waals surface area contributed by atoms with Crippen LogP contribution in [-0.2, 0) is 19.5 Å². The molecule has 0 aliphatic carbocycles. The molecule has 0 N–H and O–H groups in total. The summed E-state index contributed by atoms with van der Waals surface area (Å²) >= 11 is 21.6. The first-order valence-electron chi connectivity index (χ1n) is 7.83. The summed E-state index contributed by atoms with van der Waals surface area (Å²) in [5, 5.41) is 16.4. The van der Waals surface area contributed by atoms with Gasteiger partial charge in [0.25, 0.3) is 0 Å². The summed E-state index contributed by atoms with van der Waals surface area (Å²) in [6, 6.07) is 0. The normalized spacial score (nSPS) is 10.5. The van der Waals surface area contributed by atoms with Crippen LogP contribution in [0.2, 0.25) is 0 Å². The maximum atomic E-state index is 8.49. The topological polar surface area (TPSA) is 241 Å². The Morgan fingerprint density at radius 1 is 0.387 bits per heavy atom. The number of hydrogen-bond donors (Lipinski definition) is 0. The molecule has 0 atom stereocenters. The summed E-state index contributed by atoms with van der Waals surface area (Å²) in [5.41, 5.74) is 0. The van der Waals surface area contributed by atoms with Gasteiger partial charge in [-0.3, -0.25) is 0 Å². The number of alkyl halides is 4. The SMILES string of the molecule is ClCC[N-]CC[N-]CCCl.ClCC[N-]CC[N-]CCCl.[O-][Cl+3]([O-])([O-])[O-].[O-][Cl+3]([O-])([O-])[O-].[Zn+2]. The van der Waals surface area contributed by atoms with Crippen LogP contribution in [-0.4, -0.2) is 75.9 Å². The molecule has 0 amide bonds. The molecule has 0 aliphatic rings. The number of rotatable bonds is 14. The maximum absolute atomic E-state index is 8.49. The zero-order chi connectivity index (χ0) is 24.3. The van der Waals surface area contributed by atoms with E-state index >= 15 is 0 Å². The van der Waals surface area contributed by atoms with Gasteiger partial charge in [-0.1, -0.05) is 0 Å². The van der Waals surface area contributed by atoms with E-state index in [4.69, 9.17) is 83.7 Å². The van der Waals surface area contributed by atoms with Crippen LogP contribution >= 0.6 is 46.4 Å². The molecule has 12 nitrogen and oxygen atoms in total. The third kappa shape index (κ3) is 113. The number of nitrogens with zero attached hydrogens (tertiary/aromatic N) is 4. The molecule has 0 spiro atoms. The zero-order valence-electron chi connectivity index (χ0n) is 16.5. The Kier molecular flexibility index (Phi) is 47.2. The van der Waals surface area contributed by atoms with Gasteiger partial charge in [0.2, 0.25) is 0 Å². The van der Waals surface area contributed by atoms with E-state index in [-0.39, 0.29) is 19.5 Å². The van der Waals surface area contributed by atoms with Crippen molar-refractivity contribution in [1.29, 1.82) is 0 Å². The second-order valence-electron chi connectivity index (χ2n) is 4.20. The second-order valence-corrected chi connectivity index (χ2v) is 7.22. The Morgan fingerprint density at radius 3 is 0.613 bits per heavy atom. The molecule has 0 saturated heterocycles. The quantitative estimate of drug-likeness (QED) is 0.102. The molecule has 0 fully saturated rings. The molecule has 19 heteroatoms. The predicted molar refractivity (Wildman–Crippen MR) is 95.3 cm³/mol. The van der Waals surface area contributed by atoms with Crippen LogP contribution in [0.3, 0.4) is 0 Å². The summed E-state index contributed by atoms with van der Waals surface area (Å²) in [4.78, 5) is 0. The van der Waals surface area contributed by atoms with Crippen LogP contribution in [0.4, 0.5) is 0 Å². The van der Waals surface area contributed by atoms with Crippen molar-refractivity contribution in [3.8, 4) is 0 Å². The number of halogens is 6. The summed E-state index contributed by atoms with van der Waals surface area (Å²) in [7, 11) is -9.89. The van der Waals surface area contributed by atoms with E-state index in [2.05, 4.69) is 21.3 Å². The molecule has 0 unspecified atom stereocenters. The maximum Gasteiger partial charge on any atom is 2.00 e. The molecule has 31 heavy (non-hydrogen) atoms. The minimum Gasteiger partial charge on any atom is -0.663 e. The molecule has 0 rings (SSSR count). The van der Waals surface area contributed by atoms with Crippen molar-refractivity contribution in [1.82, 2.24) is 0 Å². The minimum atomic E-state index is -4.94. The summed E-state index contributed by atoms with van der Waals surface area (Å²) in [6.45, 7) is 6.06. The Balaban J connectivity index is -0.000000101. The molecular formula is C12H24Cl6N4O8Zn-4. The van der Waals surface area contributed by atoms with Gasteiger partial charge in [0, 0.05) is 23.5 Å². The average Bonchev–Trinajstić information content (AvgIpc) is 2.59. The van der Waals surface area contributed by atoms with Gasteiger partial charge in [-0.2, -0.15) is 26.2 Å². The van der Waals surface area contributed by atoms with E-state index in [1.54, 1.807) is 0 Å². The van der Waals surface area contributed by atoms with E-state index < -0.39 is 20.5 Å². The van der Waals surface area contributed by atoms with Crippen LogP contribution < -0.4 is 37.3 Å². The van der Waals surface area contributed by atoms with Crippen molar-refractivity contribution in [2.45, 2.75) is 0 Å². The van der Waals surface area contributed by atoms with Crippen molar-refractivity contribution in [3.63, 3.8) is 0 Å². The van der Waals surface area contributed by atoms with E-state index in [0.717, 1.165) is 52.4 Å². The third-order valence-corrected chi connectivity index (χ3v) is 2.48. The third-order valence-electron chi connectivity index (χ3n) is 1.80. The predicted octanol–water partition coefficient (Wildman–Crippen LogP) is -5.09. The zero-order valence-corrected chi connectivity index (χ0v) is 24.0. The van der Waals surface area contributed by atoms with Crippen LogP contribution in [0.15, 0.2) is 0 Å². The Morgan fingerprint density at radius 2 is 0.516 bits per heavy atom. The largest absolute Gasteiger partial charge is 2.00 e. The van der Waals surface area contributed by atoms with E-state index in [1.165, 1.54) is 0 Å². The molecule has 0 aliphatic heterocycles. The summed E-state index contributed by atoms with van der Waals surface area (Å²) in [6.07, 6.45) is 0. The van der Waals surface area contributed by atoms with Crippen LogP contribution in [0.25, 0.3) is 21.3 Å². The molecule has 0 saturated carbocycles. The first-order valence-corrected chi connectivity index (χ1v) is 12.4. The Labute approximate surface area is 219 Å². The number of hydrogen-bond acceptors (Lipinski definition) is 8. The molecule has 0 aromatic rings. The van der Waals surface area contributed by atoms with Crippen molar-refractivity contribution in [2.24, 2.45) is 0 Å². The van der Waals surface area contributed by atoms with Gasteiger partial charge in [0.15, 0.2) is 0 Å². The molecule has 0 bridgehead atoms. The first-order chi connectivity index (χ1) is 13.8. The van der Waals surface area contributed by atoms with Gasteiger partial charge in [0.05, 0.1) is 0 Å². The van der Waals surface area contributed by atoms with Crippen molar-refractivity contribution >= 4 is 46.4 Å². The van der Waals surface area contributed by atoms with Crippen LogP contribution in [0.1, 0.15) is 0 Å². The molecule has 0 aromatic carbocycles. The van der Waals surface area contributed by atoms with Gasteiger partial charge >= 0.3 is 19.5 Å². The first kappa shape index (κ1) is 43.0. The monoisotopic (exact) mass is 626 g/mol. The molecule has 0 heterocycles. The standard InChI is InChI=1S/2C6H12Cl2N2.2ClHO4.Zn/c2*7-1-3-9-5-6-10-4-2-8;2*2-1(3,4)5;/h2*1-6H2;2*(H,2,3,4,5);/q2*-2;;;+2/p-2. The molecule has 188 valence electrons. The van der Waals surface area contributed by atoms with Gasteiger partial charge < -0.3 is 21.3 Å². The Bertz CT molecular complexity index is 257. The Hall–Kier alpha value is 1.88. The van der Waals surface area contributed by atoms with Gasteiger partial charge in [-0.15, -0.1) is 93.1 Å². The smallest absolute Gasteiger partial charge is 0.663 e. The molecule has 0 aromatic heterocycles. The fourth-order valence-corrected chi connectivity index (χ4v) is 1.45. The van der Waals surface area contributed by atoms with Crippen LogP contribution in [0, 0.1) is 20.5 Å². The van der Waals surface area contributed by atoms with Gasteiger partial charge in [-0.25, -0.2) is 37.3 Å². The molecule has 0 radical (unpaired) electrons. The van der Waals surface area contributed by atoms with E-state index in [0.29, 0.717) is 23.5 Å². The summed E-state index contributed by atoms with van der Waals surface area (Å²) in [5.74, 6) is 2.43. The van der Waals surface area contributed by atoms with Crippen molar-refractivity contribution in [3.05, 3.63) is 21.3 Å². The molecular weight excluding hydrogens is 606 g/mol. The van der Waals surface area contributed by atoms with E-state index in [9.17, 15) is 0 Å². The fourth-order valence-electron chi connectivity index (χ4n) is 0.969. The fraction of sp³-hybridized carbons (Fsp3) is 1.00. The van der Waals surface area contributed by atoms with Crippen molar-refractivity contribution in [2.75, 3.05) is 75.9 Å². The van der Waals surface area contributed by atoms with E-state index in [1.807, 2.05) is 0 Å². The van der Waals surface area contributed by atoms with Gasteiger partial charge in [0.1, 0.15) is 0 Å². The van der Waals surface area contributed by atoms with Crippen molar-refractivity contribution < 1.29 is 77.2 Å².